The predicted octanol–water partition coefficient (Wildman–Crippen LogP) is 1.91. The van der Waals surface area contributed by atoms with Crippen molar-refractivity contribution in [2.75, 3.05) is 13.7 Å². The quantitative estimate of drug-likeness (QED) is 0.811. The molecule has 1 atom stereocenters. The summed E-state index contributed by atoms with van der Waals surface area (Å²) in [5.41, 5.74) is 0.0516. The summed E-state index contributed by atoms with van der Waals surface area (Å²) in [6.07, 6.45) is 0. The van der Waals surface area contributed by atoms with Gasteiger partial charge in [-0.2, -0.15) is 0 Å². The van der Waals surface area contributed by atoms with E-state index >= 15 is 0 Å². The molecule has 78 valence electrons. The van der Waals surface area contributed by atoms with Crippen molar-refractivity contribution >= 4 is 11.6 Å². The molecule has 2 N–H and O–H groups in total. The standard InChI is InChI=1S/C10H13ClFNO/c1-10(6-14,13-2)8-4-3-7(12)5-9(8)11/h3-5,13-14H,6H2,1-2H3. The fraction of sp³-hybridized carbons (Fsp3) is 0.400. The third kappa shape index (κ3) is 2.05. The van der Waals surface area contributed by atoms with E-state index in [1.54, 1.807) is 20.0 Å². The molecule has 0 heterocycles. The molecule has 0 fully saturated rings. The highest BCUT2D eigenvalue weighted by Gasteiger charge is 2.25. The molecule has 0 bridgehead atoms. The average Bonchev–Trinajstić information content (AvgIpc) is 2.17. The van der Waals surface area contributed by atoms with Crippen molar-refractivity contribution in [1.29, 1.82) is 0 Å². The maximum Gasteiger partial charge on any atom is 0.124 e. The topological polar surface area (TPSA) is 32.3 Å². The largest absolute Gasteiger partial charge is 0.394 e. The van der Waals surface area contributed by atoms with Crippen LogP contribution in [0.15, 0.2) is 18.2 Å². The van der Waals surface area contributed by atoms with E-state index in [1.165, 1.54) is 12.1 Å². The number of aliphatic hydroxyl groups excluding tert-OH is 1. The van der Waals surface area contributed by atoms with Gasteiger partial charge in [0.25, 0.3) is 0 Å². The smallest absolute Gasteiger partial charge is 0.124 e. The van der Waals surface area contributed by atoms with Gasteiger partial charge < -0.3 is 10.4 Å². The van der Waals surface area contributed by atoms with Crippen LogP contribution in [0.2, 0.25) is 5.02 Å². The first-order valence-corrected chi connectivity index (χ1v) is 4.66. The van der Waals surface area contributed by atoms with Gasteiger partial charge in [-0.3, -0.25) is 0 Å². The van der Waals surface area contributed by atoms with Gasteiger partial charge in [0, 0.05) is 5.02 Å². The number of hydrogen-bond acceptors (Lipinski definition) is 2. The fourth-order valence-electron chi connectivity index (χ4n) is 1.24. The molecular formula is C10H13ClFNO. The number of hydrogen-bond donors (Lipinski definition) is 2. The molecule has 2 nitrogen and oxygen atoms in total. The number of rotatable bonds is 3. The van der Waals surface area contributed by atoms with Crippen molar-refractivity contribution in [3.8, 4) is 0 Å². The van der Waals surface area contributed by atoms with Gasteiger partial charge in [-0.15, -0.1) is 0 Å². The molecular weight excluding hydrogens is 205 g/mol. The minimum absolute atomic E-state index is 0.102. The van der Waals surface area contributed by atoms with Crippen LogP contribution in [0.3, 0.4) is 0 Å². The predicted molar refractivity (Wildman–Crippen MR) is 54.9 cm³/mol. The van der Waals surface area contributed by atoms with Crippen LogP contribution in [0.25, 0.3) is 0 Å². The molecule has 0 radical (unpaired) electrons. The van der Waals surface area contributed by atoms with E-state index in [0.29, 0.717) is 10.6 Å². The first-order chi connectivity index (χ1) is 6.53. The summed E-state index contributed by atoms with van der Waals surface area (Å²) in [6, 6.07) is 4.14. The lowest BCUT2D eigenvalue weighted by Gasteiger charge is -2.28. The summed E-state index contributed by atoms with van der Waals surface area (Å²) in [6.45, 7) is 1.70. The zero-order chi connectivity index (χ0) is 10.8. The Balaban J connectivity index is 3.17. The monoisotopic (exact) mass is 217 g/mol. The van der Waals surface area contributed by atoms with Gasteiger partial charge in [0.15, 0.2) is 0 Å². The second-order valence-electron chi connectivity index (χ2n) is 3.36. The van der Waals surface area contributed by atoms with Gasteiger partial charge in [0.1, 0.15) is 5.82 Å². The zero-order valence-electron chi connectivity index (χ0n) is 8.14. The molecule has 14 heavy (non-hydrogen) atoms. The lowest BCUT2D eigenvalue weighted by atomic mass is 9.93. The third-order valence-corrected chi connectivity index (χ3v) is 2.71. The van der Waals surface area contributed by atoms with Crippen LogP contribution in [0.4, 0.5) is 4.39 Å². The molecule has 0 aliphatic rings. The van der Waals surface area contributed by atoms with Crippen molar-refractivity contribution in [3.63, 3.8) is 0 Å². The maximum atomic E-state index is 12.8. The van der Waals surface area contributed by atoms with Gasteiger partial charge >= 0.3 is 0 Å². The third-order valence-electron chi connectivity index (χ3n) is 2.39. The van der Waals surface area contributed by atoms with Crippen LogP contribution in [-0.2, 0) is 5.54 Å². The molecule has 1 aromatic rings. The molecule has 0 aliphatic heterocycles. The molecule has 0 aliphatic carbocycles. The Morgan fingerprint density at radius 1 is 1.57 bits per heavy atom. The van der Waals surface area contributed by atoms with Gasteiger partial charge in [-0.05, 0) is 31.7 Å². The van der Waals surface area contributed by atoms with Crippen LogP contribution in [0.1, 0.15) is 12.5 Å². The van der Waals surface area contributed by atoms with E-state index in [4.69, 9.17) is 11.6 Å². The number of benzene rings is 1. The SMILES string of the molecule is CNC(C)(CO)c1ccc(F)cc1Cl. The number of aliphatic hydroxyl groups is 1. The minimum Gasteiger partial charge on any atom is -0.394 e. The number of likely N-dealkylation sites (N-methyl/N-ethyl adjacent to an activating group) is 1. The van der Waals surface area contributed by atoms with Crippen LogP contribution in [-0.4, -0.2) is 18.8 Å². The van der Waals surface area contributed by atoms with Crippen molar-refractivity contribution in [2.45, 2.75) is 12.5 Å². The average molecular weight is 218 g/mol. The summed E-state index contributed by atoms with van der Waals surface area (Å²) in [5.74, 6) is -0.379. The number of halogens is 2. The molecule has 0 aromatic heterocycles. The molecule has 1 rings (SSSR count). The van der Waals surface area contributed by atoms with E-state index in [0.717, 1.165) is 0 Å². The van der Waals surface area contributed by atoms with E-state index in [9.17, 15) is 9.50 Å². The molecule has 4 heteroatoms. The Bertz CT molecular complexity index is 326. The summed E-state index contributed by atoms with van der Waals surface area (Å²) < 4.78 is 12.8. The molecule has 0 amide bonds. The zero-order valence-corrected chi connectivity index (χ0v) is 8.90. The summed E-state index contributed by atoms with van der Waals surface area (Å²) in [7, 11) is 1.72. The first-order valence-electron chi connectivity index (χ1n) is 4.29. The van der Waals surface area contributed by atoms with E-state index < -0.39 is 5.54 Å². The van der Waals surface area contributed by atoms with Crippen LogP contribution in [0.5, 0.6) is 0 Å². The fourth-order valence-corrected chi connectivity index (χ4v) is 1.61. The van der Waals surface area contributed by atoms with E-state index in [-0.39, 0.29) is 12.4 Å². The normalized spacial score (nSPS) is 15.2. The summed E-state index contributed by atoms with van der Waals surface area (Å²) >= 11 is 5.88. The summed E-state index contributed by atoms with van der Waals surface area (Å²) in [5, 5.41) is 12.5. The highest BCUT2D eigenvalue weighted by Crippen LogP contribution is 2.27. The van der Waals surface area contributed by atoms with Gasteiger partial charge in [0.2, 0.25) is 0 Å². The Morgan fingerprint density at radius 3 is 2.64 bits per heavy atom. The van der Waals surface area contributed by atoms with Crippen LogP contribution < -0.4 is 5.32 Å². The molecule has 0 saturated heterocycles. The Hall–Kier alpha value is -0.640. The van der Waals surface area contributed by atoms with Gasteiger partial charge in [0.05, 0.1) is 12.1 Å². The lowest BCUT2D eigenvalue weighted by molar-refractivity contribution is 0.183. The minimum atomic E-state index is -0.634. The van der Waals surface area contributed by atoms with E-state index in [2.05, 4.69) is 5.32 Å². The van der Waals surface area contributed by atoms with Crippen LogP contribution in [0, 0.1) is 5.82 Å². The van der Waals surface area contributed by atoms with Gasteiger partial charge in [-0.25, -0.2) is 4.39 Å². The molecule has 1 unspecified atom stereocenters. The van der Waals surface area contributed by atoms with E-state index in [1.807, 2.05) is 0 Å². The van der Waals surface area contributed by atoms with Crippen molar-refractivity contribution < 1.29 is 9.50 Å². The Kier molecular flexibility index (Phi) is 3.48. The Morgan fingerprint density at radius 2 is 2.21 bits per heavy atom. The lowest BCUT2D eigenvalue weighted by Crippen LogP contribution is -2.40. The van der Waals surface area contributed by atoms with Crippen molar-refractivity contribution in [2.24, 2.45) is 0 Å². The summed E-state index contributed by atoms with van der Waals surface area (Å²) in [4.78, 5) is 0. The Labute approximate surface area is 87.7 Å². The molecule has 0 saturated carbocycles. The second kappa shape index (κ2) is 4.26. The highest BCUT2D eigenvalue weighted by molar-refractivity contribution is 6.31. The highest BCUT2D eigenvalue weighted by atomic mass is 35.5. The maximum absolute atomic E-state index is 12.8. The van der Waals surface area contributed by atoms with Crippen molar-refractivity contribution in [1.82, 2.24) is 5.32 Å². The molecule has 0 spiro atoms. The van der Waals surface area contributed by atoms with Crippen LogP contribution >= 0.6 is 11.6 Å². The first kappa shape index (κ1) is 11.4. The second-order valence-corrected chi connectivity index (χ2v) is 3.77. The van der Waals surface area contributed by atoms with Crippen molar-refractivity contribution in [3.05, 3.63) is 34.6 Å². The molecule has 1 aromatic carbocycles. The number of nitrogens with one attached hydrogen (secondary N) is 1. The van der Waals surface area contributed by atoms with Gasteiger partial charge in [-0.1, -0.05) is 17.7 Å².